The molecule has 0 aliphatic heterocycles. The van der Waals surface area contributed by atoms with Crippen LogP contribution in [-0.4, -0.2) is 5.91 Å². The quantitative estimate of drug-likeness (QED) is 0.746. The van der Waals surface area contributed by atoms with Crippen molar-refractivity contribution in [3.05, 3.63) is 52.5 Å². The number of benzene rings is 2. The summed E-state index contributed by atoms with van der Waals surface area (Å²) in [5.41, 5.74) is 13.7. The van der Waals surface area contributed by atoms with E-state index in [0.29, 0.717) is 27.1 Å². The second-order valence-electron chi connectivity index (χ2n) is 3.81. The lowest BCUT2D eigenvalue weighted by Gasteiger charge is -2.06. The van der Waals surface area contributed by atoms with Crippen LogP contribution in [0.1, 0.15) is 10.4 Å². The molecule has 2 aromatic rings. The van der Waals surface area contributed by atoms with E-state index in [1.807, 2.05) is 0 Å². The Hall–Kier alpha value is -2.01. The van der Waals surface area contributed by atoms with Crippen LogP contribution in [0.3, 0.4) is 0 Å². The van der Waals surface area contributed by atoms with E-state index in [0.717, 1.165) is 0 Å². The van der Waals surface area contributed by atoms with Gasteiger partial charge in [-0.3, -0.25) is 4.79 Å². The van der Waals surface area contributed by atoms with Crippen LogP contribution in [0.2, 0.25) is 0 Å². The molecule has 0 saturated carbocycles. The molecule has 2 aromatic carbocycles. The Morgan fingerprint density at radius 3 is 2.33 bits per heavy atom. The van der Waals surface area contributed by atoms with Crippen molar-refractivity contribution in [2.75, 3.05) is 16.8 Å². The number of amides is 1. The van der Waals surface area contributed by atoms with Crippen LogP contribution in [0, 0.1) is 0 Å². The SMILES string of the molecule is Nc1ccc(NC(=O)c2ccc(N)c(Br)c2)cc1. The van der Waals surface area contributed by atoms with Gasteiger partial charge >= 0.3 is 0 Å². The number of carbonyl (C=O) groups excluding carboxylic acids is 1. The summed E-state index contributed by atoms with van der Waals surface area (Å²) >= 11 is 3.29. The average molecular weight is 306 g/mol. The standard InChI is InChI=1S/C13H12BrN3O/c14-11-7-8(1-6-12(11)16)13(18)17-10-4-2-9(15)3-5-10/h1-7H,15-16H2,(H,17,18). The first-order valence-electron chi connectivity index (χ1n) is 5.28. The number of rotatable bonds is 2. The topological polar surface area (TPSA) is 81.1 Å². The van der Waals surface area contributed by atoms with Gasteiger partial charge in [0.05, 0.1) is 0 Å². The summed E-state index contributed by atoms with van der Waals surface area (Å²) in [5, 5.41) is 2.78. The Kier molecular flexibility index (Phi) is 3.53. The van der Waals surface area contributed by atoms with Crippen LogP contribution in [0.5, 0.6) is 0 Å². The largest absolute Gasteiger partial charge is 0.399 e. The van der Waals surface area contributed by atoms with Gasteiger partial charge in [0.2, 0.25) is 0 Å². The lowest BCUT2D eigenvalue weighted by Crippen LogP contribution is -2.12. The molecule has 0 bridgehead atoms. The number of halogens is 1. The van der Waals surface area contributed by atoms with Crippen LogP contribution in [0.25, 0.3) is 0 Å². The van der Waals surface area contributed by atoms with Crippen LogP contribution < -0.4 is 16.8 Å². The molecule has 5 heteroatoms. The molecule has 0 unspecified atom stereocenters. The highest BCUT2D eigenvalue weighted by molar-refractivity contribution is 9.10. The maximum absolute atomic E-state index is 12.0. The number of nitrogens with one attached hydrogen (secondary N) is 1. The van der Waals surface area contributed by atoms with Crippen LogP contribution in [-0.2, 0) is 0 Å². The summed E-state index contributed by atoms with van der Waals surface area (Å²) < 4.78 is 0.701. The van der Waals surface area contributed by atoms with Crippen molar-refractivity contribution in [2.24, 2.45) is 0 Å². The minimum Gasteiger partial charge on any atom is -0.399 e. The van der Waals surface area contributed by atoms with E-state index < -0.39 is 0 Å². The highest BCUT2D eigenvalue weighted by Gasteiger charge is 2.07. The number of anilines is 3. The minimum atomic E-state index is -0.194. The van der Waals surface area contributed by atoms with Crippen LogP contribution in [0.4, 0.5) is 17.1 Å². The second-order valence-corrected chi connectivity index (χ2v) is 4.67. The van der Waals surface area contributed by atoms with Gasteiger partial charge in [0.15, 0.2) is 0 Å². The van der Waals surface area contributed by atoms with E-state index in [4.69, 9.17) is 11.5 Å². The van der Waals surface area contributed by atoms with E-state index in [1.165, 1.54) is 0 Å². The molecule has 0 saturated heterocycles. The summed E-state index contributed by atoms with van der Waals surface area (Å²) in [7, 11) is 0. The monoisotopic (exact) mass is 305 g/mol. The predicted molar refractivity (Wildman–Crippen MR) is 77.4 cm³/mol. The van der Waals surface area contributed by atoms with E-state index in [-0.39, 0.29) is 5.91 Å². The Balaban J connectivity index is 2.16. The van der Waals surface area contributed by atoms with Crippen molar-refractivity contribution in [2.45, 2.75) is 0 Å². The van der Waals surface area contributed by atoms with Gasteiger partial charge in [-0.05, 0) is 58.4 Å². The molecule has 92 valence electrons. The Bertz CT molecular complexity index is 581. The summed E-state index contributed by atoms with van der Waals surface area (Å²) in [6, 6.07) is 12.0. The third-order valence-electron chi connectivity index (χ3n) is 2.43. The Labute approximate surface area is 113 Å². The van der Waals surface area contributed by atoms with Gasteiger partial charge in [-0.25, -0.2) is 0 Å². The first kappa shape index (κ1) is 12.4. The molecule has 1 amide bonds. The molecule has 0 fully saturated rings. The summed E-state index contributed by atoms with van der Waals surface area (Å²) in [6.07, 6.45) is 0. The van der Waals surface area contributed by atoms with E-state index in [2.05, 4.69) is 21.2 Å². The summed E-state index contributed by atoms with van der Waals surface area (Å²) in [6.45, 7) is 0. The van der Waals surface area contributed by atoms with E-state index in [1.54, 1.807) is 42.5 Å². The van der Waals surface area contributed by atoms with Gasteiger partial charge in [-0.1, -0.05) is 0 Å². The fourth-order valence-electron chi connectivity index (χ4n) is 1.44. The highest BCUT2D eigenvalue weighted by Crippen LogP contribution is 2.21. The molecular formula is C13H12BrN3O. The molecule has 0 heterocycles. The fraction of sp³-hybridized carbons (Fsp3) is 0. The lowest BCUT2D eigenvalue weighted by atomic mass is 10.2. The lowest BCUT2D eigenvalue weighted by molar-refractivity contribution is 0.102. The van der Waals surface area contributed by atoms with Gasteiger partial charge in [0.25, 0.3) is 5.91 Å². The number of hydrogen-bond acceptors (Lipinski definition) is 3. The maximum atomic E-state index is 12.0. The van der Waals surface area contributed by atoms with Gasteiger partial charge < -0.3 is 16.8 Å². The zero-order valence-electron chi connectivity index (χ0n) is 9.48. The normalized spacial score (nSPS) is 10.1. The zero-order valence-corrected chi connectivity index (χ0v) is 11.1. The predicted octanol–water partition coefficient (Wildman–Crippen LogP) is 2.87. The van der Waals surface area contributed by atoms with Crippen molar-refractivity contribution >= 4 is 38.9 Å². The maximum Gasteiger partial charge on any atom is 0.255 e. The van der Waals surface area contributed by atoms with Gasteiger partial charge in [-0.2, -0.15) is 0 Å². The summed E-state index contributed by atoms with van der Waals surface area (Å²) in [4.78, 5) is 12.0. The number of carbonyl (C=O) groups is 1. The van der Waals surface area contributed by atoms with Crippen molar-refractivity contribution in [1.29, 1.82) is 0 Å². The Morgan fingerprint density at radius 2 is 1.72 bits per heavy atom. The van der Waals surface area contributed by atoms with Crippen LogP contribution in [0.15, 0.2) is 46.9 Å². The molecule has 2 rings (SSSR count). The van der Waals surface area contributed by atoms with Gasteiger partial charge in [0.1, 0.15) is 0 Å². The van der Waals surface area contributed by atoms with Gasteiger partial charge in [-0.15, -0.1) is 0 Å². The molecule has 0 aliphatic rings. The minimum absolute atomic E-state index is 0.194. The molecule has 0 spiro atoms. The molecule has 5 N–H and O–H groups in total. The van der Waals surface area contributed by atoms with E-state index >= 15 is 0 Å². The Morgan fingerprint density at radius 1 is 1.06 bits per heavy atom. The first-order valence-corrected chi connectivity index (χ1v) is 6.07. The summed E-state index contributed by atoms with van der Waals surface area (Å²) in [5.74, 6) is -0.194. The van der Waals surface area contributed by atoms with Crippen molar-refractivity contribution in [3.63, 3.8) is 0 Å². The third kappa shape index (κ3) is 2.81. The molecule has 0 aliphatic carbocycles. The average Bonchev–Trinajstić information content (AvgIpc) is 2.35. The fourth-order valence-corrected chi connectivity index (χ4v) is 1.82. The van der Waals surface area contributed by atoms with Crippen molar-refractivity contribution < 1.29 is 4.79 Å². The molecular weight excluding hydrogens is 294 g/mol. The van der Waals surface area contributed by atoms with E-state index in [9.17, 15) is 4.79 Å². The van der Waals surface area contributed by atoms with Crippen molar-refractivity contribution in [1.82, 2.24) is 0 Å². The smallest absolute Gasteiger partial charge is 0.255 e. The number of nitrogens with two attached hydrogens (primary N) is 2. The molecule has 4 nitrogen and oxygen atoms in total. The van der Waals surface area contributed by atoms with Crippen LogP contribution >= 0.6 is 15.9 Å². The highest BCUT2D eigenvalue weighted by atomic mass is 79.9. The number of hydrogen-bond donors (Lipinski definition) is 3. The van der Waals surface area contributed by atoms with Crippen molar-refractivity contribution in [3.8, 4) is 0 Å². The first-order chi connectivity index (χ1) is 8.56. The molecule has 0 atom stereocenters. The third-order valence-corrected chi connectivity index (χ3v) is 3.12. The number of nitrogen functional groups attached to an aromatic ring is 2. The van der Waals surface area contributed by atoms with Gasteiger partial charge in [0, 0.05) is 27.1 Å². The molecule has 0 aromatic heterocycles. The molecule has 0 radical (unpaired) electrons. The second kappa shape index (κ2) is 5.10. The molecule has 18 heavy (non-hydrogen) atoms. The zero-order chi connectivity index (χ0) is 13.1.